The number of hydrogen-bond acceptors (Lipinski definition) is 3. The summed E-state index contributed by atoms with van der Waals surface area (Å²) in [5.74, 6) is 0.0976. The van der Waals surface area contributed by atoms with E-state index in [-0.39, 0.29) is 11.3 Å². The number of aryl methyl sites for hydroxylation is 1. The molecule has 0 aliphatic carbocycles. The zero-order valence-corrected chi connectivity index (χ0v) is 11.7. The van der Waals surface area contributed by atoms with Crippen LogP contribution in [0.3, 0.4) is 0 Å². The topological polar surface area (TPSA) is 56.1 Å². The molecule has 1 heterocycles. The van der Waals surface area contributed by atoms with Gasteiger partial charge in [0, 0.05) is 25.8 Å². The molecular formula is C15H19N3O. The Bertz CT molecular complexity index is 547. The number of carbonyl (C=O) groups excluding carboxylic acids is 1. The van der Waals surface area contributed by atoms with Crippen molar-refractivity contribution in [1.82, 2.24) is 5.32 Å². The molecule has 4 nitrogen and oxygen atoms in total. The van der Waals surface area contributed by atoms with Gasteiger partial charge in [0.1, 0.15) is 0 Å². The Morgan fingerprint density at radius 1 is 1.53 bits per heavy atom. The molecule has 0 aromatic heterocycles. The van der Waals surface area contributed by atoms with Crippen LogP contribution in [0.5, 0.6) is 0 Å². The Kier molecular flexibility index (Phi) is 3.48. The van der Waals surface area contributed by atoms with Gasteiger partial charge in [-0.25, -0.2) is 0 Å². The lowest BCUT2D eigenvalue weighted by atomic mass is 9.89. The third-order valence-corrected chi connectivity index (χ3v) is 3.94. The van der Waals surface area contributed by atoms with Gasteiger partial charge in [-0.3, -0.25) is 4.79 Å². The minimum Gasteiger partial charge on any atom is -0.370 e. The summed E-state index contributed by atoms with van der Waals surface area (Å²) in [6, 6.07) is 8.00. The van der Waals surface area contributed by atoms with Gasteiger partial charge in [-0.1, -0.05) is 0 Å². The van der Waals surface area contributed by atoms with E-state index in [2.05, 4.69) is 16.3 Å². The van der Waals surface area contributed by atoms with Crippen LogP contribution in [0.2, 0.25) is 0 Å². The van der Waals surface area contributed by atoms with E-state index in [4.69, 9.17) is 5.26 Å². The Morgan fingerprint density at radius 2 is 2.26 bits per heavy atom. The van der Waals surface area contributed by atoms with Crippen LogP contribution in [0, 0.1) is 23.7 Å². The van der Waals surface area contributed by atoms with Crippen molar-refractivity contribution in [2.75, 3.05) is 25.0 Å². The third-order valence-electron chi connectivity index (χ3n) is 3.94. The van der Waals surface area contributed by atoms with Crippen molar-refractivity contribution in [1.29, 1.82) is 5.26 Å². The van der Waals surface area contributed by atoms with Crippen molar-refractivity contribution < 1.29 is 4.79 Å². The van der Waals surface area contributed by atoms with E-state index in [9.17, 15) is 4.79 Å². The molecule has 1 N–H and O–H groups in total. The van der Waals surface area contributed by atoms with Crippen LogP contribution in [-0.2, 0) is 4.79 Å². The molecule has 1 unspecified atom stereocenters. The van der Waals surface area contributed by atoms with E-state index in [1.54, 1.807) is 7.05 Å². The molecule has 1 saturated heterocycles. The van der Waals surface area contributed by atoms with Crippen LogP contribution in [0.25, 0.3) is 0 Å². The van der Waals surface area contributed by atoms with Gasteiger partial charge in [-0.05, 0) is 44.0 Å². The molecule has 1 fully saturated rings. The van der Waals surface area contributed by atoms with Crippen molar-refractivity contribution in [2.45, 2.75) is 20.3 Å². The highest BCUT2D eigenvalue weighted by atomic mass is 16.2. The highest BCUT2D eigenvalue weighted by molar-refractivity contribution is 5.83. The minimum atomic E-state index is -0.323. The Labute approximate surface area is 114 Å². The van der Waals surface area contributed by atoms with E-state index in [1.807, 2.05) is 32.0 Å². The summed E-state index contributed by atoms with van der Waals surface area (Å²) in [5.41, 5.74) is 2.45. The molecule has 1 aliphatic rings. The maximum absolute atomic E-state index is 11.9. The summed E-state index contributed by atoms with van der Waals surface area (Å²) in [7, 11) is 1.68. The molecule has 1 aliphatic heterocycles. The fourth-order valence-corrected chi connectivity index (χ4v) is 2.64. The van der Waals surface area contributed by atoms with Gasteiger partial charge in [0.2, 0.25) is 5.91 Å². The Balaban J connectivity index is 2.20. The summed E-state index contributed by atoms with van der Waals surface area (Å²) < 4.78 is 0. The van der Waals surface area contributed by atoms with Crippen LogP contribution in [0.1, 0.15) is 24.5 Å². The van der Waals surface area contributed by atoms with Crippen molar-refractivity contribution in [3.63, 3.8) is 0 Å². The predicted octanol–water partition coefficient (Wildman–Crippen LogP) is 1.83. The van der Waals surface area contributed by atoms with Gasteiger partial charge >= 0.3 is 0 Å². The second kappa shape index (κ2) is 4.93. The SMILES string of the molecule is CNC(=O)C1(C)CCN(c2ccc(C#N)c(C)c2)C1. The first kappa shape index (κ1) is 13.4. The summed E-state index contributed by atoms with van der Waals surface area (Å²) in [5, 5.41) is 11.7. The highest BCUT2D eigenvalue weighted by Gasteiger charge is 2.39. The Hall–Kier alpha value is -2.02. The van der Waals surface area contributed by atoms with E-state index in [0.29, 0.717) is 5.56 Å². The normalized spacial score (nSPS) is 22.1. The molecule has 19 heavy (non-hydrogen) atoms. The summed E-state index contributed by atoms with van der Waals surface area (Å²) in [4.78, 5) is 14.1. The van der Waals surface area contributed by atoms with Crippen LogP contribution >= 0.6 is 0 Å². The number of nitrogens with one attached hydrogen (secondary N) is 1. The quantitative estimate of drug-likeness (QED) is 0.879. The molecule has 1 aromatic rings. The molecule has 2 rings (SSSR count). The van der Waals surface area contributed by atoms with Crippen molar-refractivity contribution >= 4 is 11.6 Å². The van der Waals surface area contributed by atoms with Gasteiger partial charge in [0.15, 0.2) is 0 Å². The average molecular weight is 257 g/mol. The number of nitrogens with zero attached hydrogens (tertiary/aromatic N) is 2. The summed E-state index contributed by atoms with van der Waals surface area (Å²) >= 11 is 0. The van der Waals surface area contributed by atoms with Crippen molar-refractivity contribution in [2.24, 2.45) is 5.41 Å². The average Bonchev–Trinajstić information content (AvgIpc) is 2.81. The maximum Gasteiger partial charge on any atom is 0.227 e. The molecular weight excluding hydrogens is 238 g/mol. The number of benzene rings is 1. The first-order valence-electron chi connectivity index (χ1n) is 6.48. The predicted molar refractivity (Wildman–Crippen MR) is 74.9 cm³/mol. The number of nitriles is 1. The fraction of sp³-hybridized carbons (Fsp3) is 0.467. The molecule has 0 spiro atoms. The number of anilines is 1. The number of amides is 1. The minimum absolute atomic E-state index is 0.0976. The monoisotopic (exact) mass is 257 g/mol. The Morgan fingerprint density at radius 3 is 2.84 bits per heavy atom. The van der Waals surface area contributed by atoms with Crippen LogP contribution in [-0.4, -0.2) is 26.0 Å². The van der Waals surface area contributed by atoms with Crippen molar-refractivity contribution in [3.05, 3.63) is 29.3 Å². The largest absolute Gasteiger partial charge is 0.370 e. The maximum atomic E-state index is 11.9. The molecule has 4 heteroatoms. The number of rotatable bonds is 2. The van der Waals surface area contributed by atoms with E-state index < -0.39 is 0 Å². The van der Waals surface area contributed by atoms with E-state index in [1.165, 1.54) is 0 Å². The smallest absolute Gasteiger partial charge is 0.227 e. The van der Waals surface area contributed by atoms with Gasteiger partial charge in [-0.2, -0.15) is 5.26 Å². The van der Waals surface area contributed by atoms with Gasteiger partial charge in [0.25, 0.3) is 0 Å². The third kappa shape index (κ3) is 2.41. The zero-order valence-electron chi connectivity index (χ0n) is 11.7. The first-order valence-corrected chi connectivity index (χ1v) is 6.48. The van der Waals surface area contributed by atoms with Gasteiger partial charge < -0.3 is 10.2 Å². The standard InChI is InChI=1S/C15H19N3O/c1-11-8-13(5-4-12(11)9-16)18-7-6-15(2,10-18)14(19)17-3/h4-5,8H,6-7,10H2,1-3H3,(H,17,19). The summed E-state index contributed by atoms with van der Waals surface area (Å²) in [6.07, 6.45) is 0.853. The van der Waals surface area contributed by atoms with Gasteiger partial charge in [0.05, 0.1) is 17.0 Å². The summed E-state index contributed by atoms with van der Waals surface area (Å²) in [6.45, 7) is 5.53. The van der Waals surface area contributed by atoms with Crippen LogP contribution in [0.15, 0.2) is 18.2 Å². The highest BCUT2D eigenvalue weighted by Crippen LogP contribution is 2.33. The molecule has 0 radical (unpaired) electrons. The molecule has 1 aromatic carbocycles. The lowest BCUT2D eigenvalue weighted by Crippen LogP contribution is -2.39. The lowest BCUT2D eigenvalue weighted by Gasteiger charge is -2.24. The fourth-order valence-electron chi connectivity index (χ4n) is 2.64. The van der Waals surface area contributed by atoms with Crippen LogP contribution in [0.4, 0.5) is 5.69 Å². The molecule has 0 bridgehead atoms. The van der Waals surface area contributed by atoms with Gasteiger partial charge in [-0.15, -0.1) is 0 Å². The van der Waals surface area contributed by atoms with E-state index >= 15 is 0 Å². The second-order valence-corrected chi connectivity index (χ2v) is 5.42. The van der Waals surface area contributed by atoms with Crippen molar-refractivity contribution in [3.8, 4) is 6.07 Å². The molecule has 0 saturated carbocycles. The lowest BCUT2D eigenvalue weighted by molar-refractivity contribution is -0.128. The van der Waals surface area contributed by atoms with Crippen LogP contribution < -0.4 is 10.2 Å². The second-order valence-electron chi connectivity index (χ2n) is 5.42. The number of hydrogen-bond donors (Lipinski definition) is 1. The zero-order chi connectivity index (χ0) is 14.0. The molecule has 1 amide bonds. The molecule has 1 atom stereocenters. The van der Waals surface area contributed by atoms with E-state index in [0.717, 1.165) is 30.8 Å². The molecule has 100 valence electrons. The first-order chi connectivity index (χ1) is 9.00. The number of carbonyl (C=O) groups is 1.